The molecule has 0 spiro atoms. The van der Waals surface area contributed by atoms with Gasteiger partial charge in [0.15, 0.2) is 0 Å². The quantitative estimate of drug-likeness (QED) is 0.627. The number of azo groups is 1. The Morgan fingerprint density at radius 3 is 2.00 bits per heavy atom. The molecule has 2 aromatic rings. The first kappa shape index (κ1) is 13.7. The summed E-state index contributed by atoms with van der Waals surface area (Å²) in [6.07, 6.45) is 0.0725. The van der Waals surface area contributed by atoms with Crippen LogP contribution in [0.4, 0.5) is 11.4 Å². The average molecular weight is 273 g/mol. The third-order valence-corrected chi connectivity index (χ3v) is 3.38. The maximum atomic E-state index is 11.2. The van der Waals surface area contributed by atoms with Gasteiger partial charge in [0.1, 0.15) is 0 Å². The van der Waals surface area contributed by atoms with E-state index in [9.17, 15) is 9.46 Å². The van der Waals surface area contributed by atoms with Crippen molar-refractivity contribution in [2.75, 3.05) is 6.66 Å². The fourth-order valence-electron chi connectivity index (χ4n) is 1.61. The summed E-state index contributed by atoms with van der Waals surface area (Å²) in [5, 5.41) is 8.18. The predicted molar refractivity (Wildman–Crippen MR) is 74.3 cm³/mol. The van der Waals surface area contributed by atoms with Crippen molar-refractivity contribution < 1.29 is 9.46 Å². The molecule has 0 saturated heterocycles. The summed E-state index contributed by atoms with van der Waals surface area (Å²) in [4.78, 5) is 11.2. The van der Waals surface area contributed by atoms with Gasteiger partial charge in [-0.1, -0.05) is 30.3 Å². The van der Waals surface area contributed by atoms with Crippen molar-refractivity contribution in [1.29, 1.82) is 0 Å². The van der Waals surface area contributed by atoms with Gasteiger partial charge in [0.2, 0.25) is 0 Å². The molecule has 98 valence electrons. The first-order valence-corrected chi connectivity index (χ1v) is 8.12. The van der Waals surface area contributed by atoms with Crippen molar-refractivity contribution in [1.82, 2.24) is 0 Å². The van der Waals surface area contributed by atoms with Gasteiger partial charge in [-0.2, -0.15) is 10.2 Å². The van der Waals surface area contributed by atoms with E-state index in [0.717, 1.165) is 11.3 Å². The monoisotopic (exact) mass is 273 g/mol. The Bertz CT molecular complexity index is 603. The Hall–Kier alpha value is -1.77. The highest BCUT2D eigenvalue weighted by Gasteiger charge is 2.01. The Morgan fingerprint density at radius 1 is 0.947 bits per heavy atom. The van der Waals surface area contributed by atoms with Crippen molar-refractivity contribution in [3.63, 3.8) is 0 Å². The summed E-state index contributed by atoms with van der Waals surface area (Å²) in [7, 11) is -3.27. The van der Waals surface area contributed by atoms with Gasteiger partial charge in [0.05, 0.1) is 11.4 Å². The summed E-state index contributed by atoms with van der Waals surface area (Å²) >= 11 is 0. The third kappa shape index (κ3) is 4.78. The lowest BCUT2D eigenvalue weighted by atomic mass is 10.2. The molecule has 0 aromatic heterocycles. The molecule has 0 radical (unpaired) electrons. The maximum absolute atomic E-state index is 11.2. The topological polar surface area (TPSA) is 64.8 Å². The highest BCUT2D eigenvalue weighted by molar-refractivity contribution is 7.54. The third-order valence-electron chi connectivity index (χ3n) is 2.44. The molecule has 2 aromatic carbocycles. The predicted octanol–water partition coefficient (Wildman–Crippen LogP) is 3.87. The second kappa shape index (κ2) is 5.91. The van der Waals surface area contributed by atoms with Crippen LogP contribution in [0.3, 0.4) is 0 Å². The minimum atomic E-state index is -3.27. The van der Waals surface area contributed by atoms with E-state index < -0.39 is 7.37 Å². The number of hydrogen-bond donors (Lipinski definition) is 0. The lowest BCUT2D eigenvalue weighted by Gasteiger charge is -2.16. The van der Waals surface area contributed by atoms with E-state index >= 15 is 0 Å². The zero-order valence-corrected chi connectivity index (χ0v) is 11.5. The van der Waals surface area contributed by atoms with Crippen LogP contribution in [0, 0.1) is 0 Å². The molecule has 0 saturated carbocycles. The first-order valence-electron chi connectivity index (χ1n) is 5.86. The van der Waals surface area contributed by atoms with Crippen LogP contribution in [-0.2, 0) is 10.7 Å². The Morgan fingerprint density at radius 2 is 1.47 bits per heavy atom. The van der Waals surface area contributed by atoms with Crippen molar-refractivity contribution >= 4 is 18.7 Å². The number of benzene rings is 2. The molecule has 0 fully saturated rings. The molecule has 0 aliphatic heterocycles. The molecule has 19 heavy (non-hydrogen) atoms. The van der Waals surface area contributed by atoms with Crippen molar-refractivity contribution in [2.24, 2.45) is 10.2 Å². The summed E-state index contributed by atoms with van der Waals surface area (Å²) in [6, 6.07) is 16.5. The Labute approximate surface area is 112 Å². The van der Waals surface area contributed by atoms with E-state index in [1.165, 1.54) is 6.66 Å². The number of hydrogen-bond acceptors (Lipinski definition) is 4. The number of rotatable bonds is 4. The largest absolute Gasteiger partial charge is 0.799 e. The van der Waals surface area contributed by atoms with Gasteiger partial charge in [-0.25, -0.2) is 0 Å². The van der Waals surface area contributed by atoms with E-state index in [2.05, 4.69) is 10.2 Å². The van der Waals surface area contributed by atoms with Gasteiger partial charge < -0.3 is 9.46 Å². The van der Waals surface area contributed by atoms with Crippen LogP contribution >= 0.6 is 7.37 Å². The van der Waals surface area contributed by atoms with Gasteiger partial charge in [0.25, 0.3) is 0 Å². The van der Waals surface area contributed by atoms with Gasteiger partial charge in [-0.3, -0.25) is 0 Å². The summed E-state index contributed by atoms with van der Waals surface area (Å²) in [5.74, 6) is 0. The molecule has 0 aliphatic carbocycles. The van der Waals surface area contributed by atoms with Crippen LogP contribution in [0.25, 0.3) is 0 Å². The van der Waals surface area contributed by atoms with E-state index in [0.29, 0.717) is 5.69 Å². The van der Waals surface area contributed by atoms with Crippen LogP contribution in [0.15, 0.2) is 64.8 Å². The highest BCUT2D eigenvalue weighted by Crippen LogP contribution is 2.35. The SMILES string of the molecule is CP(=O)([O-])Cc1ccc(N=Nc2ccccc2)cc1. The lowest BCUT2D eigenvalue weighted by Crippen LogP contribution is -2.00. The van der Waals surface area contributed by atoms with E-state index in [1.807, 2.05) is 30.3 Å². The van der Waals surface area contributed by atoms with Crippen LogP contribution in [0.5, 0.6) is 0 Å². The zero-order valence-electron chi connectivity index (χ0n) is 10.6. The molecule has 4 nitrogen and oxygen atoms in total. The van der Waals surface area contributed by atoms with E-state index in [-0.39, 0.29) is 6.16 Å². The Balaban J connectivity index is 2.07. The second-order valence-corrected chi connectivity index (χ2v) is 6.72. The van der Waals surface area contributed by atoms with Crippen LogP contribution in [-0.4, -0.2) is 6.66 Å². The average Bonchev–Trinajstić information content (AvgIpc) is 2.37. The fraction of sp³-hybridized carbons (Fsp3) is 0.143. The maximum Gasteiger partial charge on any atom is 0.0857 e. The molecule has 1 unspecified atom stereocenters. The molecule has 5 heteroatoms. The summed E-state index contributed by atoms with van der Waals surface area (Å²) < 4.78 is 11.2. The standard InChI is InChI=1S/C14H15N2O2P/c1-19(17,18)11-12-7-9-14(10-8-12)16-15-13-5-3-2-4-6-13/h2-10H,11H2,1H3,(H,17,18)/p-1. The minimum Gasteiger partial charge on any atom is -0.799 e. The zero-order chi connectivity index (χ0) is 13.7. The van der Waals surface area contributed by atoms with Gasteiger partial charge in [-0.15, -0.1) is 0 Å². The molecular weight excluding hydrogens is 259 g/mol. The molecule has 0 heterocycles. The van der Waals surface area contributed by atoms with Crippen molar-refractivity contribution in [3.8, 4) is 0 Å². The fourth-order valence-corrected chi connectivity index (χ4v) is 2.48. The van der Waals surface area contributed by atoms with Crippen molar-refractivity contribution in [2.45, 2.75) is 6.16 Å². The molecule has 0 N–H and O–H groups in total. The van der Waals surface area contributed by atoms with Crippen LogP contribution in [0.1, 0.15) is 5.56 Å². The second-order valence-electron chi connectivity index (χ2n) is 4.37. The molecule has 2 rings (SSSR count). The number of nitrogens with zero attached hydrogens (tertiary/aromatic N) is 2. The first-order chi connectivity index (χ1) is 9.03. The molecule has 0 bridgehead atoms. The molecular formula is C14H14N2O2P-. The Kier molecular flexibility index (Phi) is 4.25. The molecule has 0 amide bonds. The molecule has 1 atom stereocenters. The van der Waals surface area contributed by atoms with Gasteiger partial charge in [-0.05, 0) is 36.5 Å². The van der Waals surface area contributed by atoms with Gasteiger partial charge in [0, 0.05) is 13.5 Å². The van der Waals surface area contributed by atoms with Crippen molar-refractivity contribution in [3.05, 3.63) is 60.2 Å². The van der Waals surface area contributed by atoms with Crippen LogP contribution < -0.4 is 4.89 Å². The van der Waals surface area contributed by atoms with Crippen LogP contribution in [0.2, 0.25) is 0 Å². The van der Waals surface area contributed by atoms with Gasteiger partial charge >= 0.3 is 0 Å². The van der Waals surface area contributed by atoms with E-state index in [1.54, 1.807) is 24.3 Å². The smallest absolute Gasteiger partial charge is 0.0857 e. The molecule has 0 aliphatic rings. The van der Waals surface area contributed by atoms with E-state index in [4.69, 9.17) is 0 Å². The summed E-state index contributed by atoms with van der Waals surface area (Å²) in [5.41, 5.74) is 2.24. The summed E-state index contributed by atoms with van der Waals surface area (Å²) in [6.45, 7) is 1.25. The normalized spacial score (nSPS) is 14.4. The lowest BCUT2D eigenvalue weighted by molar-refractivity contribution is -0.173. The minimum absolute atomic E-state index is 0.0725. The highest BCUT2D eigenvalue weighted by atomic mass is 31.2.